The maximum atomic E-state index is 13.9. The minimum absolute atomic E-state index is 0.126. The Hall–Kier alpha value is -3.50. The number of ether oxygens (including phenoxy) is 1. The van der Waals surface area contributed by atoms with Crippen LogP contribution in [0.25, 0.3) is 0 Å². The van der Waals surface area contributed by atoms with Crippen LogP contribution in [0.5, 0.6) is 0 Å². The fourth-order valence-corrected chi connectivity index (χ4v) is 6.84. The Balaban J connectivity index is 1.47. The van der Waals surface area contributed by atoms with Crippen molar-refractivity contribution >= 4 is 21.6 Å². The summed E-state index contributed by atoms with van der Waals surface area (Å²) in [6, 6.07) is 21.5. The van der Waals surface area contributed by atoms with Crippen LogP contribution in [0.15, 0.2) is 90.1 Å². The van der Waals surface area contributed by atoms with Gasteiger partial charge in [0.1, 0.15) is 5.82 Å². The first-order valence-corrected chi connectivity index (χ1v) is 15.4. The molecule has 5 rings (SSSR count). The summed E-state index contributed by atoms with van der Waals surface area (Å²) in [4.78, 5) is 20.2. The molecule has 0 unspecified atom stereocenters. The van der Waals surface area contributed by atoms with Gasteiger partial charge < -0.3 is 14.2 Å². The number of nitrogens with one attached hydrogen (secondary N) is 1. The number of halogens is 1. The Kier molecular flexibility index (Phi) is 8.89. The number of hydrogen-bond acceptors (Lipinski definition) is 5. The summed E-state index contributed by atoms with van der Waals surface area (Å²) >= 11 is 5.19. The molecule has 0 radical (unpaired) electrons. The Labute approximate surface area is 246 Å². The molecule has 3 aromatic carbocycles. The number of aromatic nitrogens is 2. The molecule has 4 aromatic rings. The third-order valence-corrected chi connectivity index (χ3v) is 9.23. The van der Waals surface area contributed by atoms with Crippen LogP contribution in [0.4, 0.5) is 5.69 Å². The molecule has 0 fully saturated rings. The molecular formula is C31H34ClN4O4S+. The number of imidazole rings is 1. The Bertz CT molecular complexity index is 1620. The molecular weight excluding hydrogens is 560 g/mol. The van der Waals surface area contributed by atoms with Gasteiger partial charge >= 0.3 is 0 Å². The number of aryl methyl sites for hydroxylation is 2. The number of fused-ring (bicyclic) bond motifs is 1. The number of rotatable bonds is 10. The van der Waals surface area contributed by atoms with Crippen LogP contribution in [-0.4, -0.2) is 31.0 Å². The third kappa shape index (κ3) is 6.70. The standard InChI is InChI=1S/C31H34ClN4O4S/c1-35-17-16-33-30(35)21-36(31(37)20-29(40-2)23-8-4-3-5-9-23)25-15-14-22-10-6-13-28(27(22)19-25)34-41(38,39)26-12-7-11-24(32)18-26/h3-5,7-9,11-12,14-19,28-29,32,34H,6,10,13,20-21H2,1-2H3/q+1/t28-,29-/m0/s1. The fourth-order valence-electron chi connectivity index (χ4n) is 5.26. The van der Waals surface area contributed by atoms with Crippen molar-refractivity contribution in [1.29, 1.82) is 0 Å². The van der Waals surface area contributed by atoms with Crippen molar-refractivity contribution in [3.8, 4) is 0 Å². The second kappa shape index (κ2) is 12.6. The van der Waals surface area contributed by atoms with Crippen LogP contribution >= 0.6 is 0 Å². The van der Waals surface area contributed by atoms with Gasteiger partial charge in [0.2, 0.25) is 21.0 Å². The smallest absolute Gasteiger partial charge is 0.241 e. The lowest BCUT2D eigenvalue weighted by Gasteiger charge is -2.30. The van der Waals surface area contributed by atoms with E-state index in [2.05, 4.69) is 9.71 Å². The van der Waals surface area contributed by atoms with E-state index in [0.717, 1.165) is 35.4 Å². The van der Waals surface area contributed by atoms with Crippen molar-refractivity contribution in [3.63, 3.8) is 0 Å². The molecule has 8 nitrogen and oxygen atoms in total. The van der Waals surface area contributed by atoms with E-state index in [1.807, 2.05) is 66.3 Å². The number of carbonyl (C=O) groups excluding carboxylic acids is 1. The zero-order valence-corrected chi connectivity index (χ0v) is 24.7. The summed E-state index contributed by atoms with van der Waals surface area (Å²) in [5.74, 6) is 0.602. The van der Waals surface area contributed by atoms with Gasteiger partial charge in [0.25, 0.3) is 0 Å². The number of hydrogen-bond donors (Lipinski definition) is 1. The lowest BCUT2D eigenvalue weighted by atomic mass is 9.87. The van der Waals surface area contributed by atoms with E-state index in [4.69, 9.17) is 16.3 Å². The van der Waals surface area contributed by atoms with Crippen molar-refractivity contribution in [2.24, 2.45) is 7.05 Å². The molecule has 1 amide bonds. The molecule has 0 saturated heterocycles. The summed E-state index contributed by atoms with van der Waals surface area (Å²) < 4.78 is 37.1. The molecule has 41 heavy (non-hydrogen) atoms. The number of sulfonamides is 1. The molecule has 0 bridgehead atoms. The topological polar surface area (TPSA) is 93.5 Å². The van der Waals surface area contributed by atoms with Crippen LogP contribution in [0.2, 0.25) is 5.02 Å². The second-order valence-corrected chi connectivity index (χ2v) is 12.4. The van der Waals surface area contributed by atoms with Gasteiger partial charge in [-0.3, -0.25) is 4.79 Å². The monoisotopic (exact) mass is 593 g/mol. The van der Waals surface area contributed by atoms with Crippen LogP contribution in [0.3, 0.4) is 0 Å². The van der Waals surface area contributed by atoms with Gasteiger partial charge in [-0.15, -0.1) is 0 Å². The number of anilines is 1. The highest BCUT2D eigenvalue weighted by Gasteiger charge is 2.29. The quantitative estimate of drug-likeness (QED) is 0.286. The molecule has 0 spiro atoms. The molecule has 1 aliphatic carbocycles. The summed E-state index contributed by atoms with van der Waals surface area (Å²) in [5, 5.41) is 0.465. The molecule has 1 aliphatic rings. The van der Waals surface area contributed by atoms with Crippen LogP contribution in [-0.2, 0) is 39.6 Å². The molecule has 1 heterocycles. The Morgan fingerprint density at radius 3 is 2.66 bits per heavy atom. The normalized spacial score (nSPS) is 15.7. The van der Waals surface area contributed by atoms with E-state index in [1.54, 1.807) is 36.4 Å². The van der Waals surface area contributed by atoms with Gasteiger partial charge in [-0.1, -0.05) is 42.5 Å². The number of carbonyl (C=O) groups is 1. The van der Waals surface area contributed by atoms with Crippen LogP contribution in [0, 0.1) is 11.6 Å². The third-order valence-electron chi connectivity index (χ3n) is 7.51. The highest BCUT2D eigenvalue weighted by molar-refractivity contribution is 7.89. The summed E-state index contributed by atoms with van der Waals surface area (Å²) in [6.45, 7) is 0.258. The zero-order chi connectivity index (χ0) is 29.0. The molecule has 0 aliphatic heterocycles. The summed E-state index contributed by atoms with van der Waals surface area (Å²) in [5.41, 5.74) is 3.53. The molecule has 214 valence electrons. The maximum absolute atomic E-state index is 13.9. The van der Waals surface area contributed by atoms with Gasteiger partial charge in [-0.05, 0) is 54.2 Å². The lowest BCUT2D eigenvalue weighted by Crippen LogP contribution is -2.34. The number of nitrogens with zero attached hydrogens (tertiary/aromatic N) is 3. The Morgan fingerprint density at radius 1 is 1.15 bits per heavy atom. The number of methoxy groups -OCH3 is 1. The number of amides is 1. The van der Waals surface area contributed by atoms with Crippen molar-refractivity contribution in [1.82, 2.24) is 14.3 Å². The average Bonchev–Trinajstić information content (AvgIpc) is 3.39. The summed E-state index contributed by atoms with van der Waals surface area (Å²) in [7, 11) is -0.304. The molecule has 1 aromatic heterocycles. The first kappa shape index (κ1) is 29.0. The van der Waals surface area contributed by atoms with Gasteiger partial charge in [0, 0.05) is 50.4 Å². The zero-order valence-electron chi connectivity index (χ0n) is 23.1. The van der Waals surface area contributed by atoms with Gasteiger partial charge in [0.15, 0.2) is 11.6 Å². The maximum Gasteiger partial charge on any atom is 0.241 e. The van der Waals surface area contributed by atoms with Crippen molar-refractivity contribution in [2.45, 2.75) is 49.3 Å². The minimum Gasteiger partial charge on any atom is -0.376 e. The van der Waals surface area contributed by atoms with Crippen LogP contribution < -0.4 is 9.62 Å². The predicted octanol–water partition coefficient (Wildman–Crippen LogP) is 4.78. The van der Waals surface area contributed by atoms with Crippen molar-refractivity contribution in [2.75, 3.05) is 12.0 Å². The van der Waals surface area contributed by atoms with Gasteiger partial charge in [0.05, 0.1) is 24.0 Å². The SMILES string of the molecule is CO[C@@H](CC(=O)N(Cc1nccn1C)c1ccc2c(c1)[C@@H](NS(=O)(=O)c1cccc([ClH+])c1)CCC2)c1ccccc1. The van der Waals surface area contributed by atoms with E-state index < -0.39 is 22.2 Å². The highest BCUT2D eigenvalue weighted by Crippen LogP contribution is 2.35. The van der Waals surface area contributed by atoms with E-state index in [0.29, 0.717) is 17.1 Å². The first-order chi connectivity index (χ1) is 19.7. The van der Waals surface area contributed by atoms with Gasteiger partial charge in [-0.25, -0.2) is 18.1 Å². The van der Waals surface area contributed by atoms with E-state index in [9.17, 15) is 13.2 Å². The molecule has 2 atom stereocenters. The first-order valence-electron chi connectivity index (χ1n) is 13.5. The van der Waals surface area contributed by atoms with Crippen LogP contribution in [0.1, 0.15) is 53.9 Å². The van der Waals surface area contributed by atoms with E-state index in [1.165, 1.54) is 6.07 Å². The predicted molar refractivity (Wildman–Crippen MR) is 155 cm³/mol. The largest absolute Gasteiger partial charge is 0.376 e. The second-order valence-electron chi connectivity index (χ2n) is 10.2. The minimum atomic E-state index is -3.80. The van der Waals surface area contributed by atoms with Crippen molar-refractivity contribution in [3.05, 3.63) is 113 Å². The molecule has 0 saturated carbocycles. The highest BCUT2D eigenvalue weighted by atomic mass is 35.5. The van der Waals surface area contributed by atoms with Crippen molar-refractivity contribution < 1.29 is 29.6 Å². The lowest BCUT2D eigenvalue weighted by molar-refractivity contribution is -0.289. The van der Waals surface area contributed by atoms with Gasteiger partial charge in [-0.2, -0.15) is 0 Å². The fraction of sp³-hybridized carbons (Fsp3) is 0.290. The van der Waals surface area contributed by atoms with E-state index in [-0.39, 0.29) is 23.8 Å². The van der Waals surface area contributed by atoms with E-state index >= 15 is 0 Å². The molecule has 10 heteroatoms. The Morgan fingerprint density at radius 2 is 1.95 bits per heavy atom. The number of benzene rings is 3. The average molecular weight is 594 g/mol. The molecule has 1 N–H and O–H groups in total. The summed E-state index contributed by atoms with van der Waals surface area (Å²) in [6.07, 6.45) is 5.60.